The lowest BCUT2D eigenvalue weighted by Gasteiger charge is -2.16. The van der Waals surface area contributed by atoms with E-state index in [0.29, 0.717) is 32.9 Å². The molecule has 0 spiro atoms. The normalized spacial score (nSPS) is 12.5. The Labute approximate surface area is 212 Å². The maximum atomic E-state index is 12.6. The van der Waals surface area contributed by atoms with E-state index < -0.39 is 5.97 Å². The molecule has 2 N–H and O–H groups in total. The summed E-state index contributed by atoms with van der Waals surface area (Å²) in [4.78, 5) is 33.6. The number of thioether (sulfide) groups is 1. The molecule has 0 saturated heterocycles. The van der Waals surface area contributed by atoms with Crippen molar-refractivity contribution in [3.05, 3.63) is 83.0 Å². The van der Waals surface area contributed by atoms with Gasteiger partial charge in [-0.3, -0.25) is 4.79 Å². The molecular formula is C28H22N4O3S. The molecule has 2 aromatic heterocycles. The molecule has 4 aromatic rings. The van der Waals surface area contributed by atoms with Crippen LogP contribution in [0.2, 0.25) is 0 Å². The molecule has 178 valence electrons. The molecule has 1 aliphatic rings. The number of anilines is 1. The van der Waals surface area contributed by atoms with Gasteiger partial charge in [-0.1, -0.05) is 42.1 Å². The molecule has 1 aliphatic carbocycles. The summed E-state index contributed by atoms with van der Waals surface area (Å²) in [6.07, 6.45) is 4.07. The van der Waals surface area contributed by atoms with Crippen molar-refractivity contribution in [1.29, 1.82) is 5.26 Å². The minimum atomic E-state index is -1.01. The second kappa shape index (κ2) is 10.2. The van der Waals surface area contributed by atoms with Gasteiger partial charge >= 0.3 is 5.97 Å². The number of para-hydroxylation sites is 1. The van der Waals surface area contributed by atoms with Crippen LogP contribution in [-0.2, 0) is 17.6 Å². The van der Waals surface area contributed by atoms with Crippen molar-refractivity contribution >= 4 is 40.2 Å². The standard InChI is InChI=1S/C28H22N4O3S/c29-15-19-13-18-5-1-3-7-23(18)32-27(19)36-16-26(33)30-20-11-9-17(10-12-20)25-14-22(28(34)35)21-6-2-4-8-24(21)31-25/h2,4,6,8-14H,1,3,5,7,16H2,(H,30,33)(H,34,35). The van der Waals surface area contributed by atoms with E-state index >= 15 is 0 Å². The Kier molecular flexibility index (Phi) is 6.65. The molecule has 36 heavy (non-hydrogen) atoms. The Bertz CT molecular complexity index is 1530. The van der Waals surface area contributed by atoms with E-state index in [1.165, 1.54) is 11.8 Å². The van der Waals surface area contributed by atoms with Gasteiger partial charge < -0.3 is 10.4 Å². The number of carbonyl (C=O) groups excluding carboxylic acids is 1. The number of nitrogens with zero attached hydrogens (tertiary/aromatic N) is 3. The first-order valence-corrected chi connectivity index (χ1v) is 12.6. The SMILES string of the molecule is N#Cc1cc2c(nc1SCC(=O)Nc1ccc(-c3cc(C(=O)O)c4ccccc4n3)cc1)CCCC2. The van der Waals surface area contributed by atoms with Crippen LogP contribution in [0.15, 0.2) is 65.7 Å². The lowest BCUT2D eigenvalue weighted by Crippen LogP contribution is -2.14. The summed E-state index contributed by atoms with van der Waals surface area (Å²) in [5.41, 5.74) is 5.39. The molecule has 2 heterocycles. The average molecular weight is 495 g/mol. The van der Waals surface area contributed by atoms with E-state index in [-0.39, 0.29) is 17.2 Å². The number of hydrogen-bond acceptors (Lipinski definition) is 6. The molecule has 8 heteroatoms. The molecule has 0 bridgehead atoms. The zero-order chi connectivity index (χ0) is 25.1. The lowest BCUT2D eigenvalue weighted by molar-refractivity contribution is -0.113. The summed E-state index contributed by atoms with van der Waals surface area (Å²) in [5, 5.41) is 23.2. The maximum Gasteiger partial charge on any atom is 0.336 e. The van der Waals surface area contributed by atoms with Gasteiger partial charge in [-0.25, -0.2) is 14.8 Å². The zero-order valence-electron chi connectivity index (χ0n) is 19.3. The minimum absolute atomic E-state index is 0.135. The fourth-order valence-electron chi connectivity index (χ4n) is 4.36. The summed E-state index contributed by atoms with van der Waals surface area (Å²) < 4.78 is 0. The second-order valence-electron chi connectivity index (χ2n) is 8.56. The smallest absolute Gasteiger partial charge is 0.336 e. The van der Waals surface area contributed by atoms with Crippen molar-refractivity contribution in [2.45, 2.75) is 30.7 Å². The quantitative estimate of drug-likeness (QED) is 0.341. The molecule has 7 nitrogen and oxygen atoms in total. The Morgan fingerprint density at radius 1 is 1.03 bits per heavy atom. The van der Waals surface area contributed by atoms with Gasteiger partial charge in [-0.2, -0.15) is 5.26 Å². The van der Waals surface area contributed by atoms with E-state index in [4.69, 9.17) is 0 Å². The van der Waals surface area contributed by atoms with Gasteiger partial charge in [0.1, 0.15) is 11.1 Å². The van der Waals surface area contributed by atoms with Crippen LogP contribution in [0.4, 0.5) is 5.69 Å². The van der Waals surface area contributed by atoms with Crippen molar-refractivity contribution < 1.29 is 14.7 Å². The number of amides is 1. The highest BCUT2D eigenvalue weighted by Crippen LogP contribution is 2.28. The number of nitriles is 1. The van der Waals surface area contributed by atoms with Crippen molar-refractivity contribution in [2.75, 3.05) is 11.1 Å². The number of aryl methyl sites for hydroxylation is 2. The summed E-state index contributed by atoms with van der Waals surface area (Å²) in [6.45, 7) is 0. The number of aromatic carboxylic acids is 1. The van der Waals surface area contributed by atoms with Gasteiger partial charge in [0.05, 0.1) is 28.1 Å². The lowest BCUT2D eigenvalue weighted by atomic mass is 9.95. The predicted octanol–water partition coefficient (Wildman–Crippen LogP) is 5.48. The largest absolute Gasteiger partial charge is 0.478 e. The second-order valence-corrected chi connectivity index (χ2v) is 9.52. The predicted molar refractivity (Wildman–Crippen MR) is 139 cm³/mol. The van der Waals surface area contributed by atoms with Gasteiger partial charge in [0.15, 0.2) is 0 Å². The van der Waals surface area contributed by atoms with Crippen molar-refractivity contribution in [3.8, 4) is 17.3 Å². The molecular weight excluding hydrogens is 472 g/mol. The Hall–Kier alpha value is -4.22. The average Bonchev–Trinajstić information content (AvgIpc) is 2.91. The minimum Gasteiger partial charge on any atom is -0.478 e. The molecule has 0 fully saturated rings. The summed E-state index contributed by atoms with van der Waals surface area (Å²) in [7, 11) is 0. The van der Waals surface area contributed by atoms with E-state index in [1.807, 2.05) is 12.1 Å². The maximum absolute atomic E-state index is 12.6. The molecule has 2 aromatic carbocycles. The van der Waals surface area contributed by atoms with Gasteiger partial charge in [0, 0.05) is 22.3 Å². The molecule has 0 unspecified atom stereocenters. The van der Waals surface area contributed by atoms with Crippen molar-refractivity contribution in [1.82, 2.24) is 9.97 Å². The van der Waals surface area contributed by atoms with Crippen LogP contribution in [0.5, 0.6) is 0 Å². The number of nitrogens with one attached hydrogen (secondary N) is 1. The van der Waals surface area contributed by atoms with Crippen LogP contribution in [0.3, 0.4) is 0 Å². The molecule has 0 aliphatic heterocycles. The van der Waals surface area contributed by atoms with E-state index in [2.05, 4.69) is 21.4 Å². The Morgan fingerprint density at radius 3 is 2.58 bits per heavy atom. The van der Waals surface area contributed by atoms with Gasteiger partial charge in [-0.15, -0.1) is 0 Å². The first-order valence-electron chi connectivity index (χ1n) is 11.6. The monoisotopic (exact) mass is 494 g/mol. The molecule has 0 saturated carbocycles. The van der Waals surface area contributed by atoms with Crippen LogP contribution >= 0.6 is 11.8 Å². The van der Waals surface area contributed by atoms with Gasteiger partial charge in [0.2, 0.25) is 5.91 Å². The topological polar surface area (TPSA) is 116 Å². The number of carbonyl (C=O) groups is 2. The Balaban J connectivity index is 1.28. The number of carboxylic acids is 1. The number of aromatic nitrogens is 2. The highest BCUT2D eigenvalue weighted by atomic mass is 32.2. The van der Waals surface area contributed by atoms with Crippen LogP contribution in [0.25, 0.3) is 22.2 Å². The molecule has 0 atom stereocenters. The molecule has 1 amide bonds. The fraction of sp³-hybridized carbons (Fsp3) is 0.179. The van der Waals surface area contributed by atoms with Crippen LogP contribution in [0.1, 0.15) is 40.0 Å². The number of benzene rings is 2. The number of hydrogen-bond donors (Lipinski definition) is 2. The van der Waals surface area contributed by atoms with E-state index in [9.17, 15) is 20.0 Å². The first kappa shape index (κ1) is 23.5. The van der Waals surface area contributed by atoms with E-state index in [1.54, 1.807) is 48.5 Å². The third kappa shape index (κ3) is 4.92. The first-order chi connectivity index (χ1) is 17.5. The number of pyridine rings is 2. The van der Waals surface area contributed by atoms with Crippen molar-refractivity contribution in [2.24, 2.45) is 0 Å². The third-order valence-corrected chi connectivity index (χ3v) is 7.13. The summed E-state index contributed by atoms with van der Waals surface area (Å²) >= 11 is 1.27. The van der Waals surface area contributed by atoms with Gasteiger partial charge in [-0.05, 0) is 61.6 Å². The summed E-state index contributed by atoms with van der Waals surface area (Å²) in [5.74, 6) is -1.08. The Morgan fingerprint density at radius 2 is 1.81 bits per heavy atom. The third-order valence-electron chi connectivity index (χ3n) is 6.14. The van der Waals surface area contributed by atoms with Crippen LogP contribution < -0.4 is 5.32 Å². The summed E-state index contributed by atoms with van der Waals surface area (Å²) in [6, 6.07) is 19.9. The fourth-order valence-corrected chi connectivity index (χ4v) is 5.14. The molecule has 0 radical (unpaired) electrons. The number of fused-ring (bicyclic) bond motifs is 2. The number of rotatable bonds is 6. The van der Waals surface area contributed by atoms with Gasteiger partial charge in [0.25, 0.3) is 0 Å². The van der Waals surface area contributed by atoms with E-state index in [0.717, 1.165) is 42.5 Å². The van der Waals surface area contributed by atoms with Crippen LogP contribution in [0, 0.1) is 11.3 Å². The van der Waals surface area contributed by atoms with Crippen LogP contribution in [-0.4, -0.2) is 32.7 Å². The highest BCUT2D eigenvalue weighted by molar-refractivity contribution is 8.00. The highest BCUT2D eigenvalue weighted by Gasteiger charge is 2.17. The zero-order valence-corrected chi connectivity index (χ0v) is 20.1. The number of carboxylic acid groups (broad SMARTS) is 1. The van der Waals surface area contributed by atoms with Crippen molar-refractivity contribution in [3.63, 3.8) is 0 Å². The molecule has 5 rings (SSSR count).